The van der Waals surface area contributed by atoms with Crippen LogP contribution in [0.4, 0.5) is 0 Å². The molecule has 2 atom stereocenters. The summed E-state index contributed by atoms with van der Waals surface area (Å²) in [5.74, 6) is 0.945. The molecule has 1 N–H and O–H groups in total. The molecule has 1 fully saturated rings. The highest BCUT2D eigenvalue weighted by Gasteiger charge is 2.29. The SMILES string of the molecule is CCS[C@H]1CC[C@@H](N(C)C(=O)CNC(=O)c2ccsc2)C1. The van der Waals surface area contributed by atoms with Crippen molar-refractivity contribution >= 4 is 34.9 Å². The summed E-state index contributed by atoms with van der Waals surface area (Å²) in [6.07, 6.45) is 3.32. The van der Waals surface area contributed by atoms with Gasteiger partial charge in [0.2, 0.25) is 5.91 Å². The summed E-state index contributed by atoms with van der Waals surface area (Å²) in [7, 11) is 1.85. The zero-order valence-electron chi connectivity index (χ0n) is 12.5. The fraction of sp³-hybridized carbons (Fsp3) is 0.600. The highest BCUT2D eigenvalue weighted by atomic mass is 32.2. The molecule has 0 unspecified atom stereocenters. The molecule has 4 nitrogen and oxygen atoms in total. The Morgan fingerprint density at radius 2 is 2.29 bits per heavy atom. The van der Waals surface area contributed by atoms with E-state index in [-0.39, 0.29) is 18.4 Å². The molecular weight excluding hydrogens is 304 g/mol. The minimum absolute atomic E-state index is 0.00859. The van der Waals surface area contributed by atoms with Crippen molar-refractivity contribution < 1.29 is 9.59 Å². The van der Waals surface area contributed by atoms with Crippen LogP contribution in [0.5, 0.6) is 0 Å². The Kier molecular flexibility index (Phi) is 6.11. The van der Waals surface area contributed by atoms with Gasteiger partial charge >= 0.3 is 0 Å². The second-order valence-corrected chi connectivity index (χ2v) is 7.60. The van der Waals surface area contributed by atoms with Gasteiger partial charge in [0.05, 0.1) is 6.54 Å². The van der Waals surface area contributed by atoms with Gasteiger partial charge in [0.25, 0.3) is 5.91 Å². The molecule has 0 saturated heterocycles. The van der Waals surface area contributed by atoms with Gasteiger partial charge in [-0.2, -0.15) is 23.1 Å². The van der Waals surface area contributed by atoms with Crippen LogP contribution < -0.4 is 5.32 Å². The van der Waals surface area contributed by atoms with Crippen molar-refractivity contribution in [1.82, 2.24) is 10.2 Å². The van der Waals surface area contributed by atoms with Crippen LogP contribution in [-0.4, -0.2) is 47.4 Å². The monoisotopic (exact) mass is 326 g/mol. The number of nitrogens with zero attached hydrogens (tertiary/aromatic N) is 1. The molecule has 1 aromatic heterocycles. The Labute approximate surface area is 134 Å². The highest BCUT2D eigenvalue weighted by molar-refractivity contribution is 7.99. The van der Waals surface area contributed by atoms with E-state index in [1.54, 1.807) is 11.4 Å². The first-order chi connectivity index (χ1) is 10.1. The molecule has 0 aromatic carbocycles. The van der Waals surface area contributed by atoms with Crippen LogP contribution in [0.2, 0.25) is 0 Å². The summed E-state index contributed by atoms with van der Waals surface area (Å²) < 4.78 is 0. The Hall–Kier alpha value is -1.01. The van der Waals surface area contributed by atoms with E-state index in [1.165, 1.54) is 17.8 Å². The molecule has 1 aromatic rings. The number of thioether (sulfide) groups is 1. The van der Waals surface area contributed by atoms with Crippen LogP contribution in [0.15, 0.2) is 16.8 Å². The normalized spacial score (nSPS) is 21.2. The first kappa shape index (κ1) is 16.4. The second kappa shape index (κ2) is 7.84. The first-order valence-corrected chi connectivity index (χ1v) is 9.28. The van der Waals surface area contributed by atoms with Gasteiger partial charge in [-0.1, -0.05) is 6.92 Å². The summed E-state index contributed by atoms with van der Waals surface area (Å²) in [5.41, 5.74) is 0.621. The van der Waals surface area contributed by atoms with Crippen molar-refractivity contribution in [3.05, 3.63) is 22.4 Å². The largest absolute Gasteiger partial charge is 0.343 e. The Balaban J connectivity index is 1.77. The molecule has 116 valence electrons. The second-order valence-electron chi connectivity index (χ2n) is 5.24. The van der Waals surface area contributed by atoms with Gasteiger partial charge in [-0.3, -0.25) is 9.59 Å². The third-order valence-electron chi connectivity index (χ3n) is 3.88. The van der Waals surface area contributed by atoms with Crippen LogP contribution in [0.1, 0.15) is 36.5 Å². The molecule has 2 amide bonds. The van der Waals surface area contributed by atoms with Crippen molar-refractivity contribution in [3.63, 3.8) is 0 Å². The van der Waals surface area contributed by atoms with Crippen molar-refractivity contribution in [2.75, 3.05) is 19.3 Å². The van der Waals surface area contributed by atoms with Crippen molar-refractivity contribution in [1.29, 1.82) is 0 Å². The lowest BCUT2D eigenvalue weighted by Crippen LogP contribution is -2.42. The topological polar surface area (TPSA) is 49.4 Å². The highest BCUT2D eigenvalue weighted by Crippen LogP contribution is 2.32. The molecule has 1 saturated carbocycles. The Morgan fingerprint density at radius 1 is 1.48 bits per heavy atom. The van der Waals surface area contributed by atoms with E-state index < -0.39 is 0 Å². The van der Waals surface area contributed by atoms with Crippen LogP contribution in [-0.2, 0) is 4.79 Å². The maximum absolute atomic E-state index is 12.2. The summed E-state index contributed by atoms with van der Waals surface area (Å²) >= 11 is 3.46. The number of amides is 2. The van der Waals surface area contributed by atoms with Gasteiger partial charge in [0.15, 0.2) is 0 Å². The van der Waals surface area contributed by atoms with E-state index in [1.807, 2.05) is 29.1 Å². The number of nitrogens with one attached hydrogen (secondary N) is 1. The molecule has 0 spiro atoms. The smallest absolute Gasteiger partial charge is 0.252 e. The fourth-order valence-corrected chi connectivity index (χ4v) is 4.40. The average Bonchev–Trinajstić information content (AvgIpc) is 3.15. The Bertz CT molecular complexity index is 476. The number of hydrogen-bond donors (Lipinski definition) is 1. The van der Waals surface area contributed by atoms with Gasteiger partial charge in [0, 0.05) is 29.3 Å². The summed E-state index contributed by atoms with van der Waals surface area (Å²) in [6.45, 7) is 2.25. The molecule has 1 aliphatic rings. The van der Waals surface area contributed by atoms with Crippen LogP contribution in [0, 0.1) is 0 Å². The lowest BCUT2D eigenvalue weighted by atomic mass is 10.2. The predicted molar refractivity (Wildman–Crippen MR) is 89.0 cm³/mol. The van der Waals surface area contributed by atoms with E-state index in [2.05, 4.69) is 12.2 Å². The minimum Gasteiger partial charge on any atom is -0.343 e. The van der Waals surface area contributed by atoms with E-state index in [0.717, 1.165) is 18.6 Å². The lowest BCUT2D eigenvalue weighted by Gasteiger charge is -2.24. The van der Waals surface area contributed by atoms with Crippen LogP contribution >= 0.6 is 23.1 Å². The summed E-state index contributed by atoms with van der Waals surface area (Å²) in [4.78, 5) is 25.8. The van der Waals surface area contributed by atoms with Gasteiger partial charge in [-0.25, -0.2) is 0 Å². The van der Waals surface area contributed by atoms with E-state index in [9.17, 15) is 9.59 Å². The molecule has 2 rings (SSSR count). The number of thiophene rings is 1. The quantitative estimate of drug-likeness (QED) is 0.874. The number of rotatable bonds is 6. The third-order valence-corrected chi connectivity index (χ3v) is 5.80. The molecule has 0 bridgehead atoms. The summed E-state index contributed by atoms with van der Waals surface area (Å²) in [5, 5.41) is 7.01. The average molecular weight is 326 g/mol. The maximum Gasteiger partial charge on any atom is 0.252 e. The van der Waals surface area contributed by atoms with E-state index in [4.69, 9.17) is 0 Å². The standard InChI is InChI=1S/C15H22N2O2S2/c1-3-21-13-5-4-12(8-13)17(2)14(18)9-16-15(19)11-6-7-20-10-11/h6-7,10,12-13H,3-5,8-9H2,1-2H3,(H,16,19)/t12-,13+/m1/s1. The molecule has 1 heterocycles. The molecule has 1 aliphatic carbocycles. The van der Waals surface area contributed by atoms with Crippen molar-refractivity contribution in [2.24, 2.45) is 0 Å². The van der Waals surface area contributed by atoms with Gasteiger partial charge < -0.3 is 10.2 Å². The first-order valence-electron chi connectivity index (χ1n) is 7.29. The number of hydrogen-bond acceptors (Lipinski definition) is 4. The minimum atomic E-state index is -0.177. The summed E-state index contributed by atoms with van der Waals surface area (Å²) in [6, 6.07) is 2.08. The molecule has 0 aliphatic heterocycles. The number of carbonyl (C=O) groups excluding carboxylic acids is 2. The zero-order chi connectivity index (χ0) is 15.2. The van der Waals surface area contributed by atoms with Gasteiger partial charge in [-0.15, -0.1) is 0 Å². The number of likely N-dealkylation sites (N-methyl/N-ethyl adjacent to an activating group) is 1. The Morgan fingerprint density at radius 3 is 2.95 bits per heavy atom. The fourth-order valence-electron chi connectivity index (χ4n) is 2.64. The number of carbonyl (C=O) groups is 2. The van der Waals surface area contributed by atoms with Crippen molar-refractivity contribution in [2.45, 2.75) is 37.5 Å². The van der Waals surface area contributed by atoms with Gasteiger partial charge in [-0.05, 0) is 36.5 Å². The lowest BCUT2D eigenvalue weighted by molar-refractivity contribution is -0.130. The van der Waals surface area contributed by atoms with Crippen LogP contribution in [0.3, 0.4) is 0 Å². The molecule has 21 heavy (non-hydrogen) atoms. The van der Waals surface area contributed by atoms with E-state index in [0.29, 0.717) is 16.9 Å². The van der Waals surface area contributed by atoms with Gasteiger partial charge in [0.1, 0.15) is 0 Å². The molecular formula is C15H22N2O2S2. The molecule has 0 radical (unpaired) electrons. The van der Waals surface area contributed by atoms with Crippen LogP contribution in [0.25, 0.3) is 0 Å². The third kappa shape index (κ3) is 4.48. The zero-order valence-corrected chi connectivity index (χ0v) is 14.1. The molecule has 6 heteroatoms. The maximum atomic E-state index is 12.2. The predicted octanol–water partition coefficient (Wildman–Crippen LogP) is 2.61. The van der Waals surface area contributed by atoms with E-state index >= 15 is 0 Å². The van der Waals surface area contributed by atoms with Crippen molar-refractivity contribution in [3.8, 4) is 0 Å².